The van der Waals surface area contributed by atoms with Gasteiger partial charge in [-0.25, -0.2) is 4.79 Å². The van der Waals surface area contributed by atoms with Gasteiger partial charge in [-0.15, -0.1) is 5.06 Å². The zero-order valence-electron chi connectivity index (χ0n) is 39.0. The number of hydroxylamine groups is 2. The average Bonchev–Trinajstić information content (AvgIpc) is 3.73. The number of hydrogen-bond donors (Lipinski definition) is 0. The Morgan fingerprint density at radius 2 is 1.48 bits per heavy atom. The summed E-state index contributed by atoms with van der Waals surface area (Å²) < 4.78 is 21.2. The van der Waals surface area contributed by atoms with Gasteiger partial charge in [0.2, 0.25) is 5.69 Å². The number of benzene rings is 2. The van der Waals surface area contributed by atoms with Crippen LogP contribution in [0, 0.1) is 13.8 Å². The zero-order valence-corrected chi connectivity index (χ0v) is 39.0. The van der Waals surface area contributed by atoms with Gasteiger partial charge in [0.05, 0.1) is 52.2 Å². The molecule has 2 amide bonds. The average molecular weight is 851 g/mol. The molecule has 2 aromatic carbocycles. The summed E-state index contributed by atoms with van der Waals surface area (Å²) >= 11 is 0. The molecular formula is C51H70N4O7+2. The highest BCUT2D eigenvalue weighted by atomic mass is 16.7. The van der Waals surface area contributed by atoms with Gasteiger partial charge in [-0.1, -0.05) is 49.2 Å². The lowest BCUT2D eigenvalue weighted by Gasteiger charge is -2.30. The van der Waals surface area contributed by atoms with Gasteiger partial charge in [-0.3, -0.25) is 9.59 Å². The number of hydrogen-bond acceptors (Lipinski definition) is 8. The number of aryl methyl sites for hydroxylation is 2. The Hall–Kier alpha value is -4.84. The van der Waals surface area contributed by atoms with Crippen LogP contribution in [-0.2, 0) is 44.3 Å². The van der Waals surface area contributed by atoms with E-state index < -0.39 is 17.8 Å². The molecule has 4 aliphatic rings. The minimum atomic E-state index is -0.558. The Labute approximate surface area is 369 Å². The summed E-state index contributed by atoms with van der Waals surface area (Å²) in [5.41, 5.74) is 12.2. The van der Waals surface area contributed by atoms with Crippen molar-refractivity contribution in [2.45, 2.75) is 104 Å². The fourth-order valence-electron chi connectivity index (χ4n) is 9.43. The molecule has 334 valence electrons. The molecule has 2 aromatic rings. The van der Waals surface area contributed by atoms with Gasteiger partial charge >= 0.3 is 5.97 Å². The maximum atomic E-state index is 12.5. The van der Waals surface area contributed by atoms with E-state index in [4.69, 9.17) is 19.0 Å². The monoisotopic (exact) mass is 851 g/mol. The first kappa shape index (κ1) is 46.7. The molecule has 0 spiro atoms. The van der Waals surface area contributed by atoms with Crippen molar-refractivity contribution < 1.29 is 42.5 Å². The van der Waals surface area contributed by atoms with Gasteiger partial charge in [-0.05, 0) is 88.0 Å². The third kappa shape index (κ3) is 10.3. The predicted molar refractivity (Wildman–Crippen MR) is 244 cm³/mol. The lowest BCUT2D eigenvalue weighted by molar-refractivity contribution is -0.890. The number of nitrogens with zero attached hydrogens (tertiary/aromatic N) is 4. The summed E-state index contributed by atoms with van der Waals surface area (Å²) in [4.78, 5) is 43.7. The van der Waals surface area contributed by atoms with Crippen molar-refractivity contribution in [3.05, 3.63) is 106 Å². The number of anilines is 1. The molecule has 0 bridgehead atoms. The minimum absolute atomic E-state index is 0.0850. The summed E-state index contributed by atoms with van der Waals surface area (Å²) in [6.45, 7) is 18.5. The van der Waals surface area contributed by atoms with Crippen LogP contribution in [-0.4, -0.2) is 112 Å². The topological polar surface area (TPSA) is 97.6 Å². The molecule has 6 rings (SSSR count). The van der Waals surface area contributed by atoms with Crippen molar-refractivity contribution >= 4 is 34.9 Å². The van der Waals surface area contributed by atoms with Gasteiger partial charge in [0, 0.05) is 81.0 Å². The third-order valence-electron chi connectivity index (χ3n) is 13.0. The van der Waals surface area contributed by atoms with E-state index in [0.717, 1.165) is 57.6 Å². The first-order chi connectivity index (χ1) is 29.5. The van der Waals surface area contributed by atoms with Crippen LogP contribution in [0.4, 0.5) is 11.4 Å². The van der Waals surface area contributed by atoms with Crippen LogP contribution in [0.25, 0.3) is 0 Å². The second kappa shape index (κ2) is 19.7. The second-order valence-corrected chi connectivity index (χ2v) is 19.0. The van der Waals surface area contributed by atoms with Crippen molar-refractivity contribution in [3.8, 4) is 0 Å². The van der Waals surface area contributed by atoms with E-state index in [9.17, 15) is 14.4 Å². The SMILES string of the molecule is COCCN1/C(=C/C=C2\CCCC(/C=C/C3=[N+](CCOC)c4ccc(C)cc4C3(C)C)=C2OCCC[N+](C)(C)CCCC(=O)ON2C(=O)CCC2=O)C(C)(C)c2cc(C)ccc21. The number of fused-ring (bicyclic) bond motifs is 2. The first-order valence-electron chi connectivity index (χ1n) is 22.5. The van der Waals surface area contributed by atoms with Crippen LogP contribution in [0.3, 0.4) is 0 Å². The van der Waals surface area contributed by atoms with Crippen molar-refractivity contribution in [2.24, 2.45) is 0 Å². The molecule has 1 fully saturated rings. The zero-order chi connectivity index (χ0) is 44.8. The van der Waals surface area contributed by atoms with Crippen LogP contribution < -0.4 is 4.90 Å². The molecule has 3 aliphatic heterocycles. The Kier molecular flexibility index (Phi) is 14.8. The van der Waals surface area contributed by atoms with Crippen molar-refractivity contribution in [2.75, 3.05) is 79.2 Å². The van der Waals surface area contributed by atoms with Crippen LogP contribution in [0.2, 0.25) is 0 Å². The number of quaternary nitrogens is 1. The van der Waals surface area contributed by atoms with E-state index in [-0.39, 0.29) is 30.1 Å². The summed E-state index contributed by atoms with van der Waals surface area (Å²) in [7, 11) is 7.82. The van der Waals surface area contributed by atoms with Crippen LogP contribution in [0.15, 0.2) is 83.3 Å². The normalized spacial score (nSPS) is 19.8. The predicted octanol–water partition coefficient (Wildman–Crippen LogP) is 8.45. The van der Waals surface area contributed by atoms with E-state index in [0.29, 0.717) is 35.8 Å². The van der Waals surface area contributed by atoms with Crippen LogP contribution in [0.1, 0.15) is 101 Å². The number of carbonyl (C=O) groups excluding carboxylic acids is 3. The Balaban J connectivity index is 1.26. The van der Waals surface area contributed by atoms with Gasteiger partial charge in [0.25, 0.3) is 11.8 Å². The van der Waals surface area contributed by atoms with Crippen molar-refractivity contribution in [3.63, 3.8) is 0 Å². The van der Waals surface area contributed by atoms with Crippen LogP contribution >= 0.6 is 0 Å². The molecule has 0 aromatic heterocycles. The number of ether oxygens (including phenoxy) is 3. The summed E-state index contributed by atoms with van der Waals surface area (Å²) in [5, 5.41) is 0.624. The molecule has 0 saturated carbocycles. The third-order valence-corrected chi connectivity index (χ3v) is 13.0. The second-order valence-electron chi connectivity index (χ2n) is 19.0. The molecule has 62 heavy (non-hydrogen) atoms. The Bertz CT molecular complexity index is 2170. The number of allylic oxidation sites excluding steroid dienone is 7. The summed E-state index contributed by atoms with van der Waals surface area (Å²) in [6.07, 6.45) is 13.8. The number of carbonyl (C=O) groups is 3. The molecule has 0 unspecified atom stereocenters. The van der Waals surface area contributed by atoms with Gasteiger partial charge in [0.1, 0.15) is 12.4 Å². The number of methoxy groups -OCH3 is 2. The number of rotatable bonds is 19. The molecule has 1 aliphatic carbocycles. The van der Waals surface area contributed by atoms with Gasteiger partial charge < -0.3 is 28.4 Å². The first-order valence-corrected chi connectivity index (χ1v) is 22.5. The Morgan fingerprint density at radius 3 is 2.19 bits per heavy atom. The highest BCUT2D eigenvalue weighted by Gasteiger charge is 2.44. The quantitative estimate of drug-likeness (QED) is 0.0602. The van der Waals surface area contributed by atoms with Crippen molar-refractivity contribution in [1.29, 1.82) is 0 Å². The molecule has 1 saturated heterocycles. The van der Waals surface area contributed by atoms with E-state index in [1.807, 2.05) is 0 Å². The summed E-state index contributed by atoms with van der Waals surface area (Å²) in [6, 6.07) is 13.5. The highest BCUT2D eigenvalue weighted by molar-refractivity contribution is 6.03. The number of imide groups is 1. The fourth-order valence-corrected chi connectivity index (χ4v) is 9.43. The van der Waals surface area contributed by atoms with E-state index in [2.05, 4.69) is 126 Å². The largest absolute Gasteiger partial charge is 0.493 e. The molecule has 0 radical (unpaired) electrons. The summed E-state index contributed by atoms with van der Waals surface area (Å²) in [5.74, 6) is -0.514. The lowest BCUT2D eigenvalue weighted by atomic mass is 9.80. The van der Waals surface area contributed by atoms with E-state index >= 15 is 0 Å². The van der Waals surface area contributed by atoms with E-state index in [1.165, 1.54) is 56.2 Å². The van der Waals surface area contributed by atoms with E-state index in [1.54, 1.807) is 14.2 Å². The molecule has 11 nitrogen and oxygen atoms in total. The van der Waals surface area contributed by atoms with Gasteiger partial charge in [0.15, 0.2) is 12.3 Å². The molecular weight excluding hydrogens is 781 g/mol. The molecule has 11 heteroatoms. The maximum Gasteiger partial charge on any atom is 0.333 e. The molecule has 0 N–H and O–H groups in total. The molecule has 0 atom stereocenters. The van der Waals surface area contributed by atoms with Crippen LogP contribution in [0.5, 0.6) is 0 Å². The minimum Gasteiger partial charge on any atom is -0.493 e. The van der Waals surface area contributed by atoms with Crippen molar-refractivity contribution in [1.82, 2.24) is 5.06 Å². The highest BCUT2D eigenvalue weighted by Crippen LogP contribution is 2.48. The fraction of sp³-hybridized carbons (Fsp3) is 0.529. The number of amides is 2. The Morgan fingerprint density at radius 1 is 0.806 bits per heavy atom. The maximum absolute atomic E-state index is 12.5. The lowest BCUT2D eigenvalue weighted by Crippen LogP contribution is -2.42. The standard InChI is InChI=1S/C51H70N4O7/c1-36-17-21-42-40(34-36)50(3,4)44(52(42)27-32-59-9)23-19-38-14-11-15-39(20-24-45-51(5,6)41-35-37(2)18-22-43(41)53(45)28-33-60-10)49(38)61-31-13-30-55(7,8)29-12-16-48(58)62-54-46(56)25-26-47(54)57/h17-24,34-35H,11-16,25-33H2,1-10H3/q+2. The van der Waals surface area contributed by atoms with Gasteiger partial charge in [-0.2, -0.15) is 4.58 Å². The smallest absolute Gasteiger partial charge is 0.333 e. The molecule has 3 heterocycles.